The fourth-order valence-electron chi connectivity index (χ4n) is 2.70. The first-order valence-electron chi connectivity index (χ1n) is 9.34. The molecule has 0 aliphatic carbocycles. The summed E-state index contributed by atoms with van der Waals surface area (Å²) in [6.45, 7) is 0.519. The zero-order valence-corrected chi connectivity index (χ0v) is 19.3. The largest absolute Gasteiger partial charge is 0.493 e. The van der Waals surface area contributed by atoms with Gasteiger partial charge in [-0.3, -0.25) is 4.79 Å². The van der Waals surface area contributed by atoms with Crippen LogP contribution < -0.4 is 14.8 Å². The topological polar surface area (TPSA) is 84.9 Å². The lowest BCUT2D eigenvalue weighted by Crippen LogP contribution is -2.27. The number of amides is 1. The Morgan fingerprint density at radius 2 is 1.77 bits per heavy atom. The molecular formula is C21H28N2O5S2. The van der Waals surface area contributed by atoms with Crippen LogP contribution in [0.3, 0.4) is 0 Å². The summed E-state index contributed by atoms with van der Waals surface area (Å²) >= 11 is 1.44. The third-order valence-corrected chi connectivity index (χ3v) is 7.18. The lowest BCUT2D eigenvalue weighted by Gasteiger charge is -2.12. The smallest absolute Gasteiger partial charge is 0.242 e. The van der Waals surface area contributed by atoms with E-state index in [1.807, 2.05) is 24.3 Å². The fraction of sp³-hybridized carbons (Fsp3) is 0.381. The van der Waals surface area contributed by atoms with E-state index in [1.165, 1.54) is 30.2 Å². The molecular weight excluding hydrogens is 424 g/mol. The number of rotatable bonds is 11. The summed E-state index contributed by atoms with van der Waals surface area (Å²) in [4.78, 5) is 12.3. The Kier molecular flexibility index (Phi) is 9.01. The summed E-state index contributed by atoms with van der Waals surface area (Å²) in [7, 11) is 2.73. The number of ether oxygens (including phenoxy) is 2. The SMILES string of the molecule is COc1ccc(CCNC(=O)CSCc2cccc(S(=O)(=O)N(C)C)c2)cc1OC. The van der Waals surface area contributed by atoms with E-state index in [1.54, 1.807) is 32.4 Å². The number of thioether (sulfide) groups is 1. The third-order valence-electron chi connectivity index (χ3n) is 4.36. The highest BCUT2D eigenvalue weighted by Crippen LogP contribution is 2.27. The minimum atomic E-state index is -3.46. The number of methoxy groups -OCH3 is 2. The Labute approximate surface area is 182 Å². The van der Waals surface area contributed by atoms with Crippen molar-refractivity contribution < 1.29 is 22.7 Å². The normalized spacial score (nSPS) is 11.4. The first kappa shape index (κ1) is 24.0. The van der Waals surface area contributed by atoms with Crippen LogP contribution in [0.5, 0.6) is 11.5 Å². The van der Waals surface area contributed by atoms with E-state index in [9.17, 15) is 13.2 Å². The molecule has 0 heterocycles. The van der Waals surface area contributed by atoms with Crippen molar-refractivity contribution in [3.05, 3.63) is 53.6 Å². The Morgan fingerprint density at radius 1 is 1.03 bits per heavy atom. The average molecular weight is 453 g/mol. The summed E-state index contributed by atoms with van der Waals surface area (Å²) in [6.07, 6.45) is 0.682. The van der Waals surface area contributed by atoms with Crippen LogP contribution >= 0.6 is 11.8 Å². The molecule has 0 saturated carbocycles. The van der Waals surface area contributed by atoms with Gasteiger partial charge in [0.05, 0.1) is 24.9 Å². The first-order valence-corrected chi connectivity index (χ1v) is 11.9. The van der Waals surface area contributed by atoms with Crippen LogP contribution in [0, 0.1) is 0 Å². The van der Waals surface area contributed by atoms with Gasteiger partial charge in [0.2, 0.25) is 15.9 Å². The quantitative estimate of drug-likeness (QED) is 0.564. The van der Waals surface area contributed by atoms with Gasteiger partial charge < -0.3 is 14.8 Å². The Hall–Kier alpha value is -2.23. The monoisotopic (exact) mass is 452 g/mol. The van der Waals surface area contributed by atoms with Crippen LogP contribution in [0.15, 0.2) is 47.4 Å². The van der Waals surface area contributed by atoms with Gasteiger partial charge in [0, 0.05) is 26.4 Å². The molecule has 30 heavy (non-hydrogen) atoms. The highest BCUT2D eigenvalue weighted by Gasteiger charge is 2.17. The van der Waals surface area contributed by atoms with Crippen LogP contribution in [0.4, 0.5) is 0 Å². The number of benzene rings is 2. The summed E-state index contributed by atoms with van der Waals surface area (Å²) in [6, 6.07) is 12.5. The van der Waals surface area contributed by atoms with Crippen molar-refractivity contribution in [3.63, 3.8) is 0 Å². The van der Waals surface area contributed by atoms with E-state index in [0.29, 0.717) is 36.0 Å². The van der Waals surface area contributed by atoms with Crippen molar-refractivity contribution in [3.8, 4) is 11.5 Å². The van der Waals surface area contributed by atoms with Crippen LogP contribution in [0.25, 0.3) is 0 Å². The minimum Gasteiger partial charge on any atom is -0.493 e. The van der Waals surface area contributed by atoms with Crippen LogP contribution in [0.2, 0.25) is 0 Å². The van der Waals surface area contributed by atoms with Crippen molar-refractivity contribution in [2.24, 2.45) is 0 Å². The second-order valence-electron chi connectivity index (χ2n) is 6.72. The number of hydrogen-bond acceptors (Lipinski definition) is 6. The molecule has 9 heteroatoms. The van der Waals surface area contributed by atoms with Gasteiger partial charge in [-0.2, -0.15) is 0 Å². The molecule has 0 unspecified atom stereocenters. The summed E-state index contributed by atoms with van der Waals surface area (Å²) < 4.78 is 36.1. The maximum absolute atomic E-state index is 12.2. The molecule has 0 aliphatic heterocycles. The molecule has 0 aromatic heterocycles. The molecule has 0 saturated heterocycles. The number of sulfonamides is 1. The summed E-state index contributed by atoms with van der Waals surface area (Å²) in [5, 5.41) is 2.90. The molecule has 0 aliphatic rings. The van der Waals surface area contributed by atoms with Gasteiger partial charge in [-0.1, -0.05) is 18.2 Å². The molecule has 1 amide bonds. The van der Waals surface area contributed by atoms with Gasteiger partial charge >= 0.3 is 0 Å². The van der Waals surface area contributed by atoms with E-state index in [4.69, 9.17) is 9.47 Å². The average Bonchev–Trinajstić information content (AvgIpc) is 2.73. The van der Waals surface area contributed by atoms with E-state index in [2.05, 4.69) is 5.32 Å². The van der Waals surface area contributed by atoms with Crippen LogP contribution in [-0.2, 0) is 27.0 Å². The van der Waals surface area contributed by atoms with Crippen molar-refractivity contribution in [1.82, 2.24) is 9.62 Å². The Balaban J connectivity index is 1.78. The van der Waals surface area contributed by atoms with Crippen molar-refractivity contribution >= 4 is 27.7 Å². The van der Waals surface area contributed by atoms with Gasteiger partial charge in [-0.15, -0.1) is 11.8 Å². The highest BCUT2D eigenvalue weighted by atomic mass is 32.2. The second-order valence-corrected chi connectivity index (χ2v) is 9.85. The zero-order chi connectivity index (χ0) is 22.1. The van der Waals surface area contributed by atoms with E-state index < -0.39 is 10.0 Å². The number of nitrogens with one attached hydrogen (secondary N) is 1. The number of hydrogen-bond donors (Lipinski definition) is 1. The van der Waals surface area contributed by atoms with Gasteiger partial charge in [0.15, 0.2) is 11.5 Å². The molecule has 7 nitrogen and oxygen atoms in total. The molecule has 2 rings (SSSR count). The lowest BCUT2D eigenvalue weighted by atomic mass is 10.1. The molecule has 2 aromatic carbocycles. The molecule has 0 spiro atoms. The van der Waals surface area contributed by atoms with Gasteiger partial charge in [-0.05, 0) is 41.8 Å². The van der Waals surface area contributed by atoms with Crippen LogP contribution in [-0.4, -0.2) is 59.2 Å². The highest BCUT2D eigenvalue weighted by molar-refractivity contribution is 7.99. The Bertz CT molecular complexity index is 962. The molecule has 164 valence electrons. The number of carbonyl (C=O) groups excluding carboxylic acids is 1. The second kappa shape index (κ2) is 11.2. The predicted molar refractivity (Wildman–Crippen MR) is 120 cm³/mol. The minimum absolute atomic E-state index is 0.0578. The molecule has 0 bridgehead atoms. The van der Waals surface area contributed by atoms with E-state index >= 15 is 0 Å². The van der Waals surface area contributed by atoms with Gasteiger partial charge in [0.25, 0.3) is 0 Å². The molecule has 0 radical (unpaired) electrons. The van der Waals surface area contributed by atoms with E-state index in [-0.39, 0.29) is 10.8 Å². The van der Waals surface area contributed by atoms with Crippen LogP contribution in [0.1, 0.15) is 11.1 Å². The van der Waals surface area contributed by atoms with Crippen molar-refractivity contribution in [2.75, 3.05) is 40.6 Å². The molecule has 0 fully saturated rings. The van der Waals surface area contributed by atoms with Gasteiger partial charge in [0.1, 0.15) is 0 Å². The first-order chi connectivity index (χ1) is 14.3. The number of carbonyl (C=O) groups is 1. The van der Waals surface area contributed by atoms with Crippen molar-refractivity contribution in [1.29, 1.82) is 0 Å². The van der Waals surface area contributed by atoms with Crippen molar-refractivity contribution in [2.45, 2.75) is 17.1 Å². The molecule has 0 atom stereocenters. The molecule has 1 N–H and O–H groups in total. The fourth-order valence-corrected chi connectivity index (χ4v) is 4.48. The summed E-state index contributed by atoms with van der Waals surface area (Å²) in [5.74, 6) is 2.13. The maximum Gasteiger partial charge on any atom is 0.242 e. The summed E-state index contributed by atoms with van der Waals surface area (Å²) in [5.41, 5.74) is 1.90. The third kappa shape index (κ3) is 6.65. The lowest BCUT2D eigenvalue weighted by molar-refractivity contribution is -0.118. The molecule has 2 aromatic rings. The van der Waals surface area contributed by atoms with Gasteiger partial charge in [-0.25, -0.2) is 12.7 Å². The standard InChI is InChI=1S/C21H28N2O5S2/c1-23(2)30(25,26)18-7-5-6-17(12-18)14-29-15-21(24)22-11-10-16-8-9-19(27-3)20(13-16)28-4/h5-9,12-13H,10-11,14-15H2,1-4H3,(H,22,24). The zero-order valence-electron chi connectivity index (χ0n) is 17.7. The maximum atomic E-state index is 12.2. The van der Waals surface area contributed by atoms with E-state index in [0.717, 1.165) is 11.1 Å². The predicted octanol–water partition coefficient (Wildman–Crippen LogP) is 2.55. The number of nitrogens with zero attached hydrogens (tertiary/aromatic N) is 1. The Morgan fingerprint density at radius 3 is 2.43 bits per heavy atom.